The first-order valence-corrected chi connectivity index (χ1v) is 6.97. The van der Waals surface area contributed by atoms with Crippen LogP contribution in [0.3, 0.4) is 0 Å². The summed E-state index contributed by atoms with van der Waals surface area (Å²) in [6.07, 6.45) is 3.01. The van der Waals surface area contributed by atoms with E-state index in [2.05, 4.69) is 40.4 Å². The van der Waals surface area contributed by atoms with Crippen LogP contribution in [0.5, 0.6) is 0 Å². The Bertz CT molecular complexity index is 599. The molecule has 0 bridgehead atoms. The van der Waals surface area contributed by atoms with E-state index in [0.717, 1.165) is 11.0 Å². The predicted octanol–water partition coefficient (Wildman–Crippen LogP) is 1.84. The number of nitrogens with zero attached hydrogens (tertiary/aromatic N) is 4. The first kappa shape index (κ1) is 14.4. The molecule has 0 aromatic carbocycles. The maximum absolute atomic E-state index is 10.7. The highest BCUT2D eigenvalue weighted by Gasteiger charge is 2.19. The van der Waals surface area contributed by atoms with Crippen LogP contribution in [0.2, 0.25) is 0 Å². The molecule has 8 heteroatoms. The molecule has 2 heterocycles. The van der Waals surface area contributed by atoms with E-state index in [1.807, 2.05) is 0 Å². The summed E-state index contributed by atoms with van der Waals surface area (Å²) in [5.41, 5.74) is -0.00658. The van der Waals surface area contributed by atoms with Gasteiger partial charge in [-0.2, -0.15) is 4.37 Å². The second kappa shape index (κ2) is 5.58. The molecular weight excluding hydrogens is 278 g/mol. The molecule has 7 nitrogen and oxygen atoms in total. The molecule has 0 atom stereocenters. The number of hydrogen-bond donors (Lipinski definition) is 2. The third-order valence-electron chi connectivity index (χ3n) is 2.60. The first-order valence-electron chi connectivity index (χ1n) is 6.19. The fourth-order valence-corrected chi connectivity index (χ4v) is 2.27. The van der Waals surface area contributed by atoms with Gasteiger partial charge in [0.05, 0.1) is 6.33 Å². The fourth-order valence-electron chi connectivity index (χ4n) is 1.48. The molecule has 0 amide bonds. The van der Waals surface area contributed by atoms with Crippen molar-refractivity contribution < 1.29 is 9.90 Å². The van der Waals surface area contributed by atoms with Crippen LogP contribution in [0.4, 0.5) is 5.13 Å². The highest BCUT2D eigenvalue weighted by atomic mass is 32.1. The molecule has 108 valence electrons. The second-order valence-corrected chi connectivity index (χ2v) is 6.15. The summed E-state index contributed by atoms with van der Waals surface area (Å²) in [4.78, 5) is 18.9. The Balaban J connectivity index is 1.86. The molecule has 2 aromatic rings. The quantitative estimate of drug-likeness (QED) is 0.874. The van der Waals surface area contributed by atoms with Gasteiger partial charge in [0.2, 0.25) is 5.13 Å². The van der Waals surface area contributed by atoms with Gasteiger partial charge in [0, 0.05) is 36.2 Å². The lowest BCUT2D eigenvalue weighted by molar-refractivity contribution is 0.0691. The summed E-state index contributed by atoms with van der Waals surface area (Å²) >= 11 is 1.33. The third kappa shape index (κ3) is 3.53. The van der Waals surface area contributed by atoms with Gasteiger partial charge in [-0.15, -0.1) is 0 Å². The largest absolute Gasteiger partial charge is 0.476 e. The molecule has 0 unspecified atom stereocenters. The van der Waals surface area contributed by atoms with Crippen molar-refractivity contribution in [3.8, 4) is 0 Å². The number of aromatic carboxylic acids is 1. The number of aromatic nitrogens is 4. The molecule has 2 aromatic heterocycles. The van der Waals surface area contributed by atoms with Crippen molar-refractivity contribution in [1.82, 2.24) is 18.9 Å². The van der Waals surface area contributed by atoms with Crippen molar-refractivity contribution >= 4 is 22.6 Å². The van der Waals surface area contributed by atoms with Crippen LogP contribution < -0.4 is 5.32 Å². The van der Waals surface area contributed by atoms with Crippen molar-refractivity contribution in [2.75, 3.05) is 11.9 Å². The Morgan fingerprint density at radius 2 is 2.25 bits per heavy atom. The molecule has 0 aliphatic heterocycles. The minimum absolute atomic E-state index is 0.0518. The summed E-state index contributed by atoms with van der Waals surface area (Å²) < 4.78 is 6.04. The van der Waals surface area contributed by atoms with Gasteiger partial charge in [-0.05, 0) is 0 Å². The Hall–Kier alpha value is -1.96. The summed E-state index contributed by atoms with van der Waals surface area (Å²) in [5, 5.41) is 12.7. The van der Waals surface area contributed by atoms with Gasteiger partial charge in [-0.1, -0.05) is 20.8 Å². The van der Waals surface area contributed by atoms with Crippen molar-refractivity contribution in [3.63, 3.8) is 0 Å². The van der Waals surface area contributed by atoms with E-state index < -0.39 is 5.97 Å². The van der Waals surface area contributed by atoms with E-state index in [4.69, 9.17) is 5.11 Å². The fraction of sp³-hybridized carbons (Fsp3) is 0.500. The Kier molecular flexibility index (Phi) is 4.03. The van der Waals surface area contributed by atoms with E-state index in [1.165, 1.54) is 24.1 Å². The number of carboxylic acids is 1. The van der Waals surface area contributed by atoms with Gasteiger partial charge in [0.15, 0.2) is 5.69 Å². The highest BCUT2D eigenvalue weighted by Crippen LogP contribution is 2.22. The number of anilines is 1. The number of imidazole rings is 1. The van der Waals surface area contributed by atoms with Crippen LogP contribution in [0.1, 0.15) is 37.1 Å². The average Bonchev–Trinajstić information content (AvgIpc) is 2.96. The Morgan fingerprint density at radius 3 is 2.80 bits per heavy atom. The van der Waals surface area contributed by atoms with Crippen LogP contribution in [-0.4, -0.2) is 36.5 Å². The first-order chi connectivity index (χ1) is 9.36. The summed E-state index contributed by atoms with van der Waals surface area (Å²) in [6, 6.07) is 0. The monoisotopic (exact) mass is 295 g/mol. The van der Waals surface area contributed by atoms with Crippen LogP contribution in [0.25, 0.3) is 0 Å². The minimum atomic E-state index is -1.02. The number of hydrogen-bond acceptors (Lipinski definition) is 6. The normalized spacial score (nSPS) is 11.6. The number of rotatable bonds is 5. The molecule has 0 aliphatic rings. The van der Waals surface area contributed by atoms with Gasteiger partial charge in [-0.3, -0.25) is 0 Å². The van der Waals surface area contributed by atoms with Crippen molar-refractivity contribution in [2.24, 2.45) is 0 Å². The van der Waals surface area contributed by atoms with Crippen LogP contribution in [0.15, 0.2) is 12.5 Å². The molecule has 0 saturated heterocycles. The van der Waals surface area contributed by atoms with Crippen LogP contribution in [-0.2, 0) is 12.0 Å². The van der Waals surface area contributed by atoms with E-state index in [0.29, 0.717) is 13.1 Å². The zero-order valence-electron chi connectivity index (χ0n) is 11.6. The molecule has 20 heavy (non-hydrogen) atoms. The molecule has 0 spiro atoms. The number of carbonyl (C=O) groups is 1. The third-order valence-corrected chi connectivity index (χ3v) is 3.27. The lowest BCUT2D eigenvalue weighted by Gasteiger charge is -2.12. The Labute approximate surface area is 120 Å². The maximum Gasteiger partial charge on any atom is 0.356 e. The van der Waals surface area contributed by atoms with Gasteiger partial charge in [0.25, 0.3) is 0 Å². The SMILES string of the molecule is CC(C)(C)c1nsc(NCCn2cnc(C(=O)O)c2)n1. The molecular formula is C12H17N5O2S. The zero-order valence-corrected chi connectivity index (χ0v) is 12.4. The van der Waals surface area contributed by atoms with E-state index in [-0.39, 0.29) is 11.1 Å². The van der Waals surface area contributed by atoms with E-state index in [9.17, 15) is 4.79 Å². The molecule has 0 aliphatic carbocycles. The lowest BCUT2D eigenvalue weighted by Crippen LogP contribution is -2.14. The van der Waals surface area contributed by atoms with Gasteiger partial charge in [-0.25, -0.2) is 14.8 Å². The lowest BCUT2D eigenvalue weighted by atomic mass is 9.96. The Morgan fingerprint density at radius 1 is 1.50 bits per heavy atom. The molecule has 0 saturated carbocycles. The van der Waals surface area contributed by atoms with Crippen LogP contribution >= 0.6 is 11.5 Å². The van der Waals surface area contributed by atoms with E-state index >= 15 is 0 Å². The van der Waals surface area contributed by atoms with Gasteiger partial charge >= 0.3 is 5.97 Å². The maximum atomic E-state index is 10.7. The molecule has 2 N–H and O–H groups in total. The summed E-state index contributed by atoms with van der Waals surface area (Å²) in [6.45, 7) is 7.45. The number of carboxylic acid groups (broad SMARTS) is 1. The summed E-state index contributed by atoms with van der Waals surface area (Å²) in [5.74, 6) is -0.198. The highest BCUT2D eigenvalue weighted by molar-refractivity contribution is 7.09. The predicted molar refractivity (Wildman–Crippen MR) is 76.3 cm³/mol. The van der Waals surface area contributed by atoms with Crippen molar-refractivity contribution in [1.29, 1.82) is 0 Å². The molecule has 0 radical (unpaired) electrons. The number of nitrogens with one attached hydrogen (secondary N) is 1. The smallest absolute Gasteiger partial charge is 0.356 e. The zero-order chi connectivity index (χ0) is 14.8. The average molecular weight is 295 g/mol. The molecule has 0 fully saturated rings. The van der Waals surface area contributed by atoms with Crippen molar-refractivity contribution in [3.05, 3.63) is 24.0 Å². The topological polar surface area (TPSA) is 92.9 Å². The molecule has 2 rings (SSSR count). The summed E-state index contributed by atoms with van der Waals surface area (Å²) in [7, 11) is 0. The van der Waals surface area contributed by atoms with E-state index in [1.54, 1.807) is 4.57 Å². The van der Waals surface area contributed by atoms with Crippen molar-refractivity contribution in [2.45, 2.75) is 32.7 Å². The standard InChI is InChI=1S/C12H17N5O2S/c1-12(2,3)10-15-11(20-16-10)13-4-5-17-6-8(9(18)19)14-7-17/h6-7H,4-5H2,1-3H3,(H,18,19)(H,13,15,16). The van der Waals surface area contributed by atoms with Gasteiger partial charge < -0.3 is 15.0 Å². The van der Waals surface area contributed by atoms with Crippen LogP contribution in [0, 0.1) is 0 Å². The minimum Gasteiger partial charge on any atom is -0.476 e. The van der Waals surface area contributed by atoms with Gasteiger partial charge in [0.1, 0.15) is 5.82 Å². The second-order valence-electron chi connectivity index (χ2n) is 5.40.